The summed E-state index contributed by atoms with van der Waals surface area (Å²) >= 11 is 6.71. The van der Waals surface area contributed by atoms with E-state index in [1.165, 1.54) is 27.9 Å². The molecule has 3 nitrogen and oxygen atoms in total. The first-order valence-electron chi connectivity index (χ1n) is 9.15. The van der Waals surface area contributed by atoms with E-state index in [2.05, 4.69) is 70.9 Å². The molecule has 1 amide bonds. The van der Waals surface area contributed by atoms with Crippen LogP contribution < -0.4 is 0 Å². The highest BCUT2D eigenvalue weighted by Gasteiger charge is 2.32. The molecule has 28 heavy (non-hydrogen) atoms. The van der Waals surface area contributed by atoms with Gasteiger partial charge in [-0.1, -0.05) is 47.2 Å². The predicted molar refractivity (Wildman–Crippen MR) is 124 cm³/mol. The van der Waals surface area contributed by atoms with Crippen LogP contribution >= 0.6 is 24.0 Å². The zero-order chi connectivity index (χ0) is 20.6. The van der Waals surface area contributed by atoms with Crippen LogP contribution in [0.5, 0.6) is 0 Å². The number of hydrazone groups is 1. The normalized spacial score (nSPS) is 16.1. The van der Waals surface area contributed by atoms with E-state index in [4.69, 9.17) is 12.2 Å². The van der Waals surface area contributed by atoms with Crippen molar-refractivity contribution in [3.05, 3.63) is 73.7 Å². The van der Waals surface area contributed by atoms with E-state index in [-0.39, 0.29) is 5.91 Å². The third-order valence-corrected chi connectivity index (χ3v) is 6.11. The van der Waals surface area contributed by atoms with Crippen LogP contribution in [-0.2, 0) is 4.79 Å². The van der Waals surface area contributed by atoms with E-state index in [1.54, 1.807) is 6.21 Å². The summed E-state index contributed by atoms with van der Waals surface area (Å²) in [5.74, 6) is -0.173. The van der Waals surface area contributed by atoms with Crippen molar-refractivity contribution >= 4 is 46.5 Å². The van der Waals surface area contributed by atoms with Crippen molar-refractivity contribution in [3.63, 3.8) is 0 Å². The van der Waals surface area contributed by atoms with Gasteiger partial charge < -0.3 is 0 Å². The van der Waals surface area contributed by atoms with Gasteiger partial charge in [-0.05, 0) is 87.7 Å². The maximum Gasteiger partial charge on any atom is 0.286 e. The summed E-state index contributed by atoms with van der Waals surface area (Å²) in [4.78, 5) is 13.5. The lowest BCUT2D eigenvalue weighted by molar-refractivity contribution is -0.122. The number of aryl methyl sites for hydroxylation is 6. The van der Waals surface area contributed by atoms with Gasteiger partial charge in [0.25, 0.3) is 5.91 Å². The van der Waals surface area contributed by atoms with Crippen molar-refractivity contribution in [1.29, 1.82) is 0 Å². The van der Waals surface area contributed by atoms with Gasteiger partial charge in [0.15, 0.2) is 4.32 Å². The summed E-state index contributed by atoms with van der Waals surface area (Å²) in [7, 11) is 0. The second-order valence-electron chi connectivity index (χ2n) is 7.36. The van der Waals surface area contributed by atoms with Crippen LogP contribution in [0.3, 0.4) is 0 Å². The molecule has 0 atom stereocenters. The molecule has 0 spiro atoms. The molecular weight excluding hydrogens is 384 g/mol. The van der Waals surface area contributed by atoms with Gasteiger partial charge >= 0.3 is 0 Å². The number of carbonyl (C=O) groups excluding carboxylic acids is 1. The van der Waals surface area contributed by atoms with E-state index in [0.717, 1.165) is 33.4 Å². The topological polar surface area (TPSA) is 32.7 Å². The molecule has 1 aliphatic heterocycles. The summed E-state index contributed by atoms with van der Waals surface area (Å²) in [5.41, 5.74) is 9.09. The third-order valence-electron chi connectivity index (χ3n) is 4.83. The molecule has 0 aliphatic carbocycles. The van der Waals surface area contributed by atoms with Crippen LogP contribution in [0.25, 0.3) is 6.08 Å². The molecule has 5 heteroatoms. The highest BCUT2D eigenvalue weighted by molar-refractivity contribution is 8.26. The number of thiocarbonyl (C=S) groups is 1. The van der Waals surface area contributed by atoms with Crippen LogP contribution in [-0.4, -0.2) is 21.5 Å². The number of carbonyl (C=O) groups is 1. The Bertz CT molecular complexity index is 1000. The Morgan fingerprint density at radius 2 is 1.32 bits per heavy atom. The first-order valence-corrected chi connectivity index (χ1v) is 10.4. The summed E-state index contributed by atoms with van der Waals surface area (Å²) in [6.45, 7) is 12.4. The van der Waals surface area contributed by atoms with E-state index < -0.39 is 0 Å². The SMILES string of the molecule is Cc1cc(C)c(/C=C2\SC(=S)N(/N=C/c3c(C)cc(C)cc3C)C2=O)c(C)c1. The lowest BCUT2D eigenvalue weighted by atomic mass is 9.99. The van der Waals surface area contributed by atoms with Gasteiger partial charge in [-0.3, -0.25) is 4.79 Å². The Kier molecular flexibility index (Phi) is 5.87. The number of hydrogen-bond acceptors (Lipinski definition) is 4. The molecule has 2 aromatic rings. The zero-order valence-corrected chi connectivity index (χ0v) is 18.7. The van der Waals surface area contributed by atoms with Gasteiger partial charge in [0.2, 0.25) is 0 Å². The Morgan fingerprint density at radius 3 is 1.82 bits per heavy atom. The Labute approximate surface area is 176 Å². The van der Waals surface area contributed by atoms with Crippen LogP contribution in [0.1, 0.15) is 44.5 Å². The minimum absolute atomic E-state index is 0.173. The fourth-order valence-electron chi connectivity index (χ4n) is 3.62. The quantitative estimate of drug-likeness (QED) is 0.367. The third kappa shape index (κ3) is 4.10. The summed E-state index contributed by atoms with van der Waals surface area (Å²) in [6.07, 6.45) is 3.67. The minimum Gasteiger partial charge on any atom is -0.266 e. The average molecular weight is 409 g/mol. The first kappa shape index (κ1) is 20.5. The van der Waals surface area contributed by atoms with Crippen LogP contribution in [0.2, 0.25) is 0 Å². The molecule has 0 bridgehead atoms. The fourth-order valence-corrected chi connectivity index (χ4v) is 4.77. The van der Waals surface area contributed by atoms with Crippen molar-refractivity contribution in [2.24, 2.45) is 5.10 Å². The first-order chi connectivity index (χ1) is 13.2. The summed E-state index contributed by atoms with van der Waals surface area (Å²) < 4.78 is 0.456. The van der Waals surface area contributed by atoms with Crippen molar-refractivity contribution < 1.29 is 4.79 Å². The molecule has 0 unspecified atom stereocenters. The smallest absolute Gasteiger partial charge is 0.266 e. The summed E-state index contributed by atoms with van der Waals surface area (Å²) in [5, 5.41) is 5.74. The van der Waals surface area contributed by atoms with Gasteiger partial charge in [0.05, 0.1) is 11.1 Å². The van der Waals surface area contributed by atoms with E-state index in [9.17, 15) is 4.79 Å². The number of hydrogen-bond donors (Lipinski definition) is 0. The highest BCUT2D eigenvalue weighted by atomic mass is 32.2. The van der Waals surface area contributed by atoms with Crippen molar-refractivity contribution in [2.75, 3.05) is 0 Å². The standard InChI is InChI=1S/C23H24N2OS2/c1-13-7-15(3)19(16(4)8-13)11-21-22(26)25(23(27)28-21)24-12-20-17(5)9-14(2)10-18(20)6/h7-12H,1-6H3/b21-11-,24-12+. The molecule has 0 N–H and O–H groups in total. The van der Waals surface area contributed by atoms with Crippen molar-refractivity contribution in [1.82, 2.24) is 5.01 Å². The molecule has 1 heterocycles. The molecule has 0 aromatic heterocycles. The van der Waals surface area contributed by atoms with Crippen molar-refractivity contribution in [3.8, 4) is 0 Å². The molecule has 1 saturated heterocycles. The van der Waals surface area contributed by atoms with Gasteiger partial charge in [0.1, 0.15) is 0 Å². The minimum atomic E-state index is -0.173. The second kappa shape index (κ2) is 8.02. The monoisotopic (exact) mass is 408 g/mol. The molecule has 1 fully saturated rings. The average Bonchev–Trinajstić information content (AvgIpc) is 2.84. The largest absolute Gasteiger partial charge is 0.286 e. The van der Waals surface area contributed by atoms with E-state index >= 15 is 0 Å². The Hall–Kier alpha value is -2.24. The van der Waals surface area contributed by atoms with Crippen LogP contribution in [0.15, 0.2) is 34.3 Å². The molecule has 3 rings (SSSR count). The highest BCUT2D eigenvalue weighted by Crippen LogP contribution is 2.34. The molecule has 1 aliphatic rings. The number of nitrogens with zero attached hydrogens (tertiary/aromatic N) is 2. The Balaban J connectivity index is 1.91. The van der Waals surface area contributed by atoms with E-state index in [1.807, 2.05) is 6.08 Å². The summed E-state index contributed by atoms with van der Waals surface area (Å²) in [6, 6.07) is 8.48. The second-order valence-corrected chi connectivity index (χ2v) is 9.04. The van der Waals surface area contributed by atoms with Gasteiger partial charge in [-0.25, -0.2) is 0 Å². The maximum absolute atomic E-state index is 12.9. The number of benzene rings is 2. The molecule has 0 radical (unpaired) electrons. The lowest BCUT2D eigenvalue weighted by Gasteiger charge is -2.10. The fraction of sp³-hybridized carbons (Fsp3) is 0.261. The number of thioether (sulfide) groups is 1. The van der Waals surface area contributed by atoms with Crippen molar-refractivity contribution in [2.45, 2.75) is 41.5 Å². The van der Waals surface area contributed by atoms with Gasteiger partial charge in [0, 0.05) is 5.56 Å². The van der Waals surface area contributed by atoms with Gasteiger partial charge in [-0.2, -0.15) is 10.1 Å². The number of rotatable bonds is 3. The van der Waals surface area contributed by atoms with E-state index in [0.29, 0.717) is 9.23 Å². The van der Waals surface area contributed by atoms with Crippen LogP contribution in [0.4, 0.5) is 0 Å². The molecular formula is C23H24N2OS2. The molecule has 0 saturated carbocycles. The number of amides is 1. The lowest BCUT2D eigenvalue weighted by Crippen LogP contribution is -2.22. The maximum atomic E-state index is 12.9. The zero-order valence-electron chi connectivity index (χ0n) is 17.1. The predicted octanol–water partition coefficient (Wildman–Crippen LogP) is 5.77. The van der Waals surface area contributed by atoms with Gasteiger partial charge in [-0.15, -0.1) is 0 Å². The van der Waals surface area contributed by atoms with Crippen LogP contribution in [0, 0.1) is 41.5 Å². The Morgan fingerprint density at radius 1 is 0.857 bits per heavy atom. The molecule has 2 aromatic carbocycles. The molecule has 144 valence electrons.